The lowest BCUT2D eigenvalue weighted by atomic mass is 10.3. The summed E-state index contributed by atoms with van der Waals surface area (Å²) in [6.45, 7) is 2.16. The minimum atomic E-state index is -0.715. The van der Waals surface area contributed by atoms with Crippen molar-refractivity contribution in [3.05, 3.63) is 0 Å². The highest BCUT2D eigenvalue weighted by molar-refractivity contribution is 5.64. The van der Waals surface area contributed by atoms with Crippen LogP contribution in [0.5, 0.6) is 0 Å². The molecular weight excluding hydrogens is 120 g/mol. The molecule has 50 valence electrons. The van der Waals surface area contributed by atoms with Crippen molar-refractivity contribution < 1.29 is 14.3 Å². The second-order valence-electron chi connectivity index (χ2n) is 1.41. The van der Waals surface area contributed by atoms with Crippen molar-refractivity contribution in [1.29, 1.82) is 0 Å². The zero-order valence-corrected chi connectivity index (χ0v) is 5.22. The summed E-state index contributed by atoms with van der Waals surface area (Å²) in [5, 5.41) is 0. The zero-order chi connectivity index (χ0) is 7.11. The normalized spacial score (nSPS) is 12.6. The summed E-state index contributed by atoms with van der Waals surface area (Å²) in [7, 11) is 0. The first-order valence-corrected chi connectivity index (χ1v) is 2.69. The SMILES string of the molecule is CCOC([C]=O)C[C]=O. The number of hydrogen-bond acceptors (Lipinski definition) is 3. The molecule has 0 aliphatic heterocycles. The Morgan fingerprint density at radius 3 is 2.56 bits per heavy atom. The summed E-state index contributed by atoms with van der Waals surface area (Å²) in [5.74, 6) is 0. The highest BCUT2D eigenvalue weighted by atomic mass is 16.5. The van der Waals surface area contributed by atoms with E-state index in [0.717, 1.165) is 0 Å². The van der Waals surface area contributed by atoms with Crippen molar-refractivity contribution >= 4 is 12.6 Å². The molecule has 0 heterocycles. The van der Waals surface area contributed by atoms with Gasteiger partial charge in [-0.25, -0.2) is 0 Å². The third-order valence-corrected chi connectivity index (χ3v) is 0.768. The molecule has 0 amide bonds. The summed E-state index contributed by atoms with van der Waals surface area (Å²) in [5.41, 5.74) is 0. The van der Waals surface area contributed by atoms with Crippen LogP contribution in [0.2, 0.25) is 0 Å². The van der Waals surface area contributed by atoms with Crippen molar-refractivity contribution in [2.24, 2.45) is 0 Å². The fraction of sp³-hybridized carbons (Fsp3) is 0.667. The van der Waals surface area contributed by atoms with Crippen LogP contribution in [0.1, 0.15) is 13.3 Å². The maximum absolute atomic E-state index is 9.86. The zero-order valence-electron chi connectivity index (χ0n) is 5.22. The van der Waals surface area contributed by atoms with E-state index >= 15 is 0 Å². The second kappa shape index (κ2) is 5.44. The van der Waals surface area contributed by atoms with Gasteiger partial charge in [-0.15, -0.1) is 0 Å². The molecule has 2 radical (unpaired) electrons. The van der Waals surface area contributed by atoms with E-state index in [2.05, 4.69) is 0 Å². The molecule has 0 spiro atoms. The van der Waals surface area contributed by atoms with Crippen LogP contribution >= 0.6 is 0 Å². The molecule has 0 N–H and O–H groups in total. The van der Waals surface area contributed by atoms with Gasteiger partial charge in [0.1, 0.15) is 6.10 Å². The molecule has 0 rings (SSSR count). The van der Waals surface area contributed by atoms with Gasteiger partial charge in [-0.05, 0) is 6.92 Å². The largest absolute Gasteiger partial charge is 0.370 e. The van der Waals surface area contributed by atoms with Crippen molar-refractivity contribution in [1.82, 2.24) is 0 Å². The molecule has 0 aliphatic carbocycles. The third-order valence-electron chi connectivity index (χ3n) is 0.768. The Hall–Kier alpha value is -0.700. The molecule has 1 atom stereocenters. The lowest BCUT2D eigenvalue weighted by Gasteiger charge is -2.02. The van der Waals surface area contributed by atoms with E-state index in [9.17, 15) is 9.59 Å². The van der Waals surface area contributed by atoms with E-state index < -0.39 is 6.10 Å². The van der Waals surface area contributed by atoms with Gasteiger partial charge in [0.25, 0.3) is 0 Å². The van der Waals surface area contributed by atoms with Gasteiger partial charge in [0, 0.05) is 13.0 Å². The molecule has 3 nitrogen and oxygen atoms in total. The number of carbonyl (C=O) groups excluding carboxylic acids is 2. The highest BCUT2D eigenvalue weighted by Crippen LogP contribution is 1.90. The number of ether oxygens (including phenoxy) is 1. The van der Waals surface area contributed by atoms with Crippen molar-refractivity contribution in [2.45, 2.75) is 19.4 Å². The molecule has 0 fully saturated rings. The van der Waals surface area contributed by atoms with Crippen LogP contribution in [-0.4, -0.2) is 25.3 Å². The maximum Gasteiger partial charge on any atom is 0.230 e. The smallest absolute Gasteiger partial charge is 0.230 e. The summed E-state index contributed by atoms with van der Waals surface area (Å²) in [4.78, 5) is 19.5. The van der Waals surface area contributed by atoms with Crippen molar-refractivity contribution in [3.8, 4) is 0 Å². The third kappa shape index (κ3) is 3.85. The average Bonchev–Trinajstić information content (AvgIpc) is 1.88. The van der Waals surface area contributed by atoms with Crippen molar-refractivity contribution in [2.75, 3.05) is 6.61 Å². The minimum Gasteiger partial charge on any atom is -0.370 e. The quantitative estimate of drug-likeness (QED) is 0.523. The van der Waals surface area contributed by atoms with Gasteiger partial charge in [0.05, 0.1) is 0 Å². The van der Waals surface area contributed by atoms with Gasteiger partial charge in [-0.2, -0.15) is 0 Å². The molecule has 1 unspecified atom stereocenters. The fourth-order valence-electron chi connectivity index (χ4n) is 0.411. The Labute approximate surface area is 54.0 Å². The first-order chi connectivity index (χ1) is 4.35. The lowest BCUT2D eigenvalue weighted by Crippen LogP contribution is -2.14. The van der Waals surface area contributed by atoms with Crippen LogP contribution < -0.4 is 0 Å². The lowest BCUT2D eigenvalue weighted by molar-refractivity contribution is 0.111. The van der Waals surface area contributed by atoms with Gasteiger partial charge < -0.3 is 4.74 Å². The van der Waals surface area contributed by atoms with E-state index in [4.69, 9.17) is 4.74 Å². The maximum atomic E-state index is 9.86. The molecule has 0 aliphatic rings. The predicted octanol–water partition coefficient (Wildman–Crippen LogP) is 0.00100. The molecule has 0 saturated heterocycles. The molecule has 0 aromatic heterocycles. The molecule has 0 bridgehead atoms. The van der Waals surface area contributed by atoms with Gasteiger partial charge in [-0.3, -0.25) is 9.59 Å². The summed E-state index contributed by atoms with van der Waals surface area (Å²) in [6, 6.07) is 0. The van der Waals surface area contributed by atoms with Gasteiger partial charge in [0.15, 0.2) is 0 Å². The van der Waals surface area contributed by atoms with Crippen molar-refractivity contribution in [3.63, 3.8) is 0 Å². The standard InChI is InChI=1S/C6H8O3/c1-2-9-6(5-8)3-4-7/h6H,2-3H2,1H3. The predicted molar refractivity (Wildman–Crippen MR) is 31.4 cm³/mol. The van der Waals surface area contributed by atoms with E-state index in [1.165, 1.54) is 0 Å². The Balaban J connectivity index is 3.40. The Morgan fingerprint density at radius 2 is 2.22 bits per heavy atom. The fourth-order valence-corrected chi connectivity index (χ4v) is 0.411. The van der Waals surface area contributed by atoms with Gasteiger partial charge in [0.2, 0.25) is 12.6 Å². The van der Waals surface area contributed by atoms with Crippen LogP contribution in [0.15, 0.2) is 0 Å². The van der Waals surface area contributed by atoms with Crippen LogP contribution in [0.25, 0.3) is 0 Å². The first-order valence-electron chi connectivity index (χ1n) is 2.69. The molecule has 0 aromatic carbocycles. The first kappa shape index (κ1) is 8.30. The molecular formula is C6H8O3. The van der Waals surface area contributed by atoms with Gasteiger partial charge >= 0.3 is 0 Å². The van der Waals surface area contributed by atoms with Crippen LogP contribution in [0, 0.1) is 0 Å². The highest BCUT2D eigenvalue weighted by Gasteiger charge is 2.05. The van der Waals surface area contributed by atoms with Gasteiger partial charge in [-0.1, -0.05) is 0 Å². The Morgan fingerprint density at radius 1 is 1.56 bits per heavy atom. The summed E-state index contributed by atoms with van der Waals surface area (Å²) < 4.78 is 4.75. The van der Waals surface area contributed by atoms with E-state index in [1.54, 1.807) is 19.5 Å². The van der Waals surface area contributed by atoms with E-state index in [1.807, 2.05) is 0 Å². The topological polar surface area (TPSA) is 43.4 Å². The Bertz CT molecular complexity index is 90.3. The van der Waals surface area contributed by atoms with Crippen LogP contribution in [-0.2, 0) is 14.3 Å². The molecule has 3 heteroatoms. The Kier molecular flexibility index (Phi) is 5.01. The second-order valence-corrected chi connectivity index (χ2v) is 1.41. The molecule has 9 heavy (non-hydrogen) atoms. The number of rotatable bonds is 5. The molecule has 0 aromatic rings. The summed E-state index contributed by atoms with van der Waals surface area (Å²) >= 11 is 0. The summed E-state index contributed by atoms with van der Waals surface area (Å²) in [6.07, 6.45) is 2.40. The van der Waals surface area contributed by atoms with Crippen LogP contribution in [0.4, 0.5) is 0 Å². The minimum absolute atomic E-state index is 0.0165. The average molecular weight is 128 g/mol. The van der Waals surface area contributed by atoms with E-state index in [-0.39, 0.29) is 6.42 Å². The monoisotopic (exact) mass is 128 g/mol. The molecule has 0 saturated carbocycles. The number of hydrogen-bond donors (Lipinski definition) is 0. The van der Waals surface area contributed by atoms with E-state index in [0.29, 0.717) is 6.61 Å². The van der Waals surface area contributed by atoms with Crippen LogP contribution in [0.3, 0.4) is 0 Å².